The van der Waals surface area contributed by atoms with E-state index in [1.54, 1.807) is 0 Å². The van der Waals surface area contributed by atoms with Gasteiger partial charge < -0.3 is 9.88 Å². The fraction of sp³-hybridized carbons (Fsp3) is 0.227. The molecular weight excluding hydrogens is 370 g/mol. The number of carbonyl (C=O) groups excluding carboxylic acids is 2. The van der Waals surface area contributed by atoms with Crippen molar-refractivity contribution in [1.29, 1.82) is 0 Å². The third-order valence-corrected chi connectivity index (χ3v) is 5.54. The molecule has 0 aliphatic heterocycles. The summed E-state index contributed by atoms with van der Waals surface area (Å²) in [6, 6.07) is 17.4. The van der Waals surface area contributed by atoms with E-state index in [1.165, 1.54) is 18.7 Å². The minimum atomic E-state index is -0.0833. The molecule has 1 heterocycles. The Balaban J connectivity index is 1.63. The van der Waals surface area contributed by atoms with Crippen LogP contribution in [-0.4, -0.2) is 27.0 Å². The number of Topliss-reactive ketones (excluding diaryl/α,β-unsaturated/α-hetero) is 1. The number of nitrogens with one attached hydrogen (secondary N) is 1. The van der Waals surface area contributed by atoms with E-state index in [2.05, 4.69) is 10.3 Å². The molecule has 5 nitrogen and oxygen atoms in total. The molecule has 0 fully saturated rings. The van der Waals surface area contributed by atoms with Crippen LogP contribution in [-0.2, 0) is 11.8 Å². The lowest BCUT2D eigenvalue weighted by Gasteiger charge is -2.13. The van der Waals surface area contributed by atoms with Crippen LogP contribution in [0, 0.1) is 0 Å². The van der Waals surface area contributed by atoms with Gasteiger partial charge in [-0.05, 0) is 18.1 Å². The molecular formula is C22H23N3O2S. The highest BCUT2D eigenvalue weighted by Crippen LogP contribution is 2.25. The molecule has 28 heavy (non-hydrogen) atoms. The van der Waals surface area contributed by atoms with E-state index in [0.717, 1.165) is 22.0 Å². The molecule has 6 heteroatoms. The van der Waals surface area contributed by atoms with Crippen LogP contribution in [0.3, 0.4) is 0 Å². The van der Waals surface area contributed by atoms with Crippen LogP contribution >= 0.6 is 11.8 Å². The lowest BCUT2D eigenvalue weighted by atomic mass is 10.0. The van der Waals surface area contributed by atoms with E-state index >= 15 is 0 Å². The highest BCUT2D eigenvalue weighted by atomic mass is 32.2. The maximum Gasteiger partial charge on any atom is 0.217 e. The van der Waals surface area contributed by atoms with Gasteiger partial charge in [0.25, 0.3) is 0 Å². The van der Waals surface area contributed by atoms with Gasteiger partial charge in [-0.1, -0.05) is 66.4 Å². The molecule has 0 bridgehead atoms. The van der Waals surface area contributed by atoms with Crippen molar-refractivity contribution in [3.05, 3.63) is 71.9 Å². The van der Waals surface area contributed by atoms with Crippen molar-refractivity contribution < 1.29 is 9.59 Å². The second-order valence-electron chi connectivity index (χ2n) is 6.61. The number of hydrogen-bond donors (Lipinski definition) is 1. The quantitative estimate of drug-likeness (QED) is 0.481. The maximum atomic E-state index is 12.5. The number of imidazole rings is 1. The highest BCUT2D eigenvalue weighted by molar-refractivity contribution is 7.99. The number of thioether (sulfide) groups is 1. The van der Waals surface area contributed by atoms with Gasteiger partial charge >= 0.3 is 0 Å². The van der Waals surface area contributed by atoms with Crippen molar-refractivity contribution >= 4 is 23.5 Å². The molecule has 1 amide bonds. The van der Waals surface area contributed by atoms with Crippen molar-refractivity contribution in [2.24, 2.45) is 7.05 Å². The first-order chi connectivity index (χ1) is 13.5. The Morgan fingerprint density at radius 3 is 2.43 bits per heavy atom. The third kappa shape index (κ3) is 4.70. The summed E-state index contributed by atoms with van der Waals surface area (Å²) >= 11 is 1.43. The predicted octanol–water partition coefficient (Wildman–Crippen LogP) is 4.26. The van der Waals surface area contributed by atoms with Crippen LogP contribution < -0.4 is 5.32 Å². The zero-order chi connectivity index (χ0) is 20.1. The van der Waals surface area contributed by atoms with Gasteiger partial charge in [0.15, 0.2) is 10.9 Å². The summed E-state index contributed by atoms with van der Waals surface area (Å²) in [5.41, 5.74) is 3.74. The average Bonchev–Trinajstić information content (AvgIpc) is 3.07. The number of rotatable bonds is 7. The fourth-order valence-corrected chi connectivity index (χ4v) is 3.81. The molecule has 0 unspecified atom stereocenters. The minimum absolute atomic E-state index is 0.0491. The van der Waals surface area contributed by atoms with Crippen LogP contribution in [0.25, 0.3) is 11.3 Å². The van der Waals surface area contributed by atoms with Gasteiger partial charge in [-0.25, -0.2) is 4.98 Å². The number of aromatic nitrogens is 2. The van der Waals surface area contributed by atoms with Gasteiger partial charge in [0.2, 0.25) is 5.91 Å². The first-order valence-electron chi connectivity index (χ1n) is 9.06. The van der Waals surface area contributed by atoms with Gasteiger partial charge in [-0.15, -0.1) is 0 Å². The Bertz CT molecular complexity index is 965. The molecule has 2 aromatic carbocycles. The van der Waals surface area contributed by atoms with Crippen LogP contribution in [0.2, 0.25) is 0 Å². The smallest absolute Gasteiger partial charge is 0.217 e. The van der Waals surface area contributed by atoms with E-state index in [0.29, 0.717) is 11.3 Å². The molecule has 0 saturated heterocycles. The zero-order valence-corrected chi connectivity index (χ0v) is 17.0. The van der Waals surface area contributed by atoms with Gasteiger partial charge in [0, 0.05) is 19.5 Å². The van der Waals surface area contributed by atoms with Crippen LogP contribution in [0.4, 0.5) is 0 Å². The van der Waals surface area contributed by atoms with Crippen LogP contribution in [0.1, 0.15) is 35.8 Å². The third-order valence-electron chi connectivity index (χ3n) is 4.50. The number of nitrogens with zero attached hydrogens (tertiary/aromatic N) is 2. The number of hydrogen-bond acceptors (Lipinski definition) is 4. The van der Waals surface area contributed by atoms with Gasteiger partial charge in [0.05, 0.1) is 23.7 Å². The predicted molar refractivity (Wildman–Crippen MR) is 112 cm³/mol. The maximum absolute atomic E-state index is 12.5. The Labute approximate surface area is 169 Å². The zero-order valence-electron chi connectivity index (χ0n) is 16.2. The summed E-state index contributed by atoms with van der Waals surface area (Å²) in [6.07, 6.45) is 1.83. The second-order valence-corrected chi connectivity index (χ2v) is 7.55. The van der Waals surface area contributed by atoms with E-state index in [-0.39, 0.29) is 17.7 Å². The van der Waals surface area contributed by atoms with Crippen LogP contribution in [0.15, 0.2) is 66.0 Å². The number of amides is 1. The second kappa shape index (κ2) is 8.89. The number of carbonyl (C=O) groups is 2. The molecule has 0 aliphatic rings. The first kappa shape index (κ1) is 19.9. The SMILES string of the molecule is CC(=O)N[C@@H](C)c1ccc(C(=O)CSc2ncc(-c3ccccc3)n2C)cc1. The Morgan fingerprint density at radius 2 is 1.79 bits per heavy atom. The van der Waals surface area contributed by atoms with Gasteiger partial charge in [0.1, 0.15) is 0 Å². The van der Waals surface area contributed by atoms with Crippen molar-refractivity contribution in [3.8, 4) is 11.3 Å². The normalized spacial score (nSPS) is 11.8. The Morgan fingerprint density at radius 1 is 1.11 bits per heavy atom. The van der Waals surface area contributed by atoms with Gasteiger partial charge in [-0.2, -0.15) is 0 Å². The van der Waals surface area contributed by atoms with Gasteiger partial charge in [-0.3, -0.25) is 9.59 Å². The van der Waals surface area contributed by atoms with E-state index in [4.69, 9.17) is 0 Å². The molecule has 0 aliphatic carbocycles. The molecule has 3 aromatic rings. The molecule has 1 N–H and O–H groups in total. The van der Waals surface area contributed by atoms with E-state index in [9.17, 15) is 9.59 Å². The molecule has 0 saturated carbocycles. The number of benzene rings is 2. The summed E-state index contributed by atoms with van der Waals surface area (Å²) in [7, 11) is 1.96. The summed E-state index contributed by atoms with van der Waals surface area (Å²) in [5, 5.41) is 3.65. The minimum Gasteiger partial charge on any atom is -0.350 e. The largest absolute Gasteiger partial charge is 0.350 e. The highest BCUT2D eigenvalue weighted by Gasteiger charge is 2.13. The van der Waals surface area contributed by atoms with E-state index < -0.39 is 0 Å². The lowest BCUT2D eigenvalue weighted by Crippen LogP contribution is -2.23. The number of ketones is 1. The molecule has 1 aromatic heterocycles. The topological polar surface area (TPSA) is 64.0 Å². The monoisotopic (exact) mass is 393 g/mol. The fourth-order valence-electron chi connectivity index (χ4n) is 2.96. The van der Waals surface area contributed by atoms with Crippen molar-refractivity contribution in [2.45, 2.75) is 25.0 Å². The van der Waals surface area contributed by atoms with Crippen molar-refractivity contribution in [3.63, 3.8) is 0 Å². The summed E-state index contributed by atoms with van der Waals surface area (Å²) in [6.45, 7) is 3.41. The first-order valence-corrected chi connectivity index (χ1v) is 10.0. The van der Waals surface area contributed by atoms with Crippen LogP contribution in [0.5, 0.6) is 0 Å². The van der Waals surface area contributed by atoms with E-state index in [1.807, 2.05) is 79.3 Å². The summed E-state index contributed by atoms with van der Waals surface area (Å²) in [5.74, 6) is 0.293. The molecule has 0 radical (unpaired) electrons. The Kier molecular flexibility index (Phi) is 6.31. The Hall–Kier alpha value is -2.86. The standard InChI is InChI=1S/C22H23N3O2S/c1-15(24-16(2)26)17-9-11-19(12-10-17)21(27)14-28-22-23-13-20(25(22)3)18-7-5-4-6-8-18/h4-13,15H,14H2,1-3H3,(H,24,26)/t15-/m0/s1. The molecule has 3 rings (SSSR count). The summed E-state index contributed by atoms with van der Waals surface area (Å²) < 4.78 is 2.01. The lowest BCUT2D eigenvalue weighted by molar-refractivity contribution is -0.119. The molecule has 1 atom stereocenters. The molecule has 144 valence electrons. The summed E-state index contributed by atoms with van der Waals surface area (Å²) in [4.78, 5) is 28.2. The van der Waals surface area contributed by atoms with Crippen molar-refractivity contribution in [2.75, 3.05) is 5.75 Å². The molecule has 0 spiro atoms. The average molecular weight is 394 g/mol. The van der Waals surface area contributed by atoms with Crippen molar-refractivity contribution in [1.82, 2.24) is 14.9 Å².